The summed E-state index contributed by atoms with van der Waals surface area (Å²) in [6.45, 7) is 2.21. The van der Waals surface area contributed by atoms with Crippen LogP contribution in [0.4, 0.5) is 5.13 Å². The molecule has 0 saturated heterocycles. The summed E-state index contributed by atoms with van der Waals surface area (Å²) in [5, 5.41) is 5.11. The number of methoxy groups -OCH3 is 1. The van der Waals surface area contributed by atoms with Gasteiger partial charge in [0.1, 0.15) is 5.75 Å². The number of hydrogen-bond acceptors (Lipinski definition) is 6. The monoisotopic (exact) mass is 507 g/mol. The number of thiazole rings is 1. The Morgan fingerprint density at radius 1 is 1.06 bits per heavy atom. The SMILES string of the molecule is COc1ccc(-c2csc(NC(=O)c3ccc(S(=O)(=O)N(C)Cc4ccccc4)cc3)n2)cc1C. The first-order valence-corrected chi connectivity index (χ1v) is 13.1. The topological polar surface area (TPSA) is 88.6 Å². The summed E-state index contributed by atoms with van der Waals surface area (Å²) >= 11 is 1.32. The van der Waals surface area contributed by atoms with Crippen LogP contribution >= 0.6 is 11.3 Å². The smallest absolute Gasteiger partial charge is 0.257 e. The third kappa shape index (κ3) is 5.59. The van der Waals surface area contributed by atoms with Crippen molar-refractivity contribution >= 4 is 32.4 Å². The van der Waals surface area contributed by atoms with E-state index in [1.165, 1.54) is 47.0 Å². The van der Waals surface area contributed by atoms with E-state index in [1.54, 1.807) is 7.11 Å². The molecule has 1 heterocycles. The Morgan fingerprint density at radius 2 is 1.77 bits per heavy atom. The van der Waals surface area contributed by atoms with Gasteiger partial charge in [-0.15, -0.1) is 11.3 Å². The van der Waals surface area contributed by atoms with Gasteiger partial charge in [-0.3, -0.25) is 10.1 Å². The number of anilines is 1. The average molecular weight is 508 g/mol. The number of rotatable bonds is 8. The maximum absolute atomic E-state index is 12.9. The van der Waals surface area contributed by atoms with E-state index in [2.05, 4.69) is 10.3 Å². The standard InChI is InChI=1S/C26H25N3O4S2/c1-18-15-21(11-14-24(18)33-3)23-17-34-26(27-23)28-25(30)20-9-12-22(13-10-20)35(31,32)29(2)16-19-7-5-4-6-8-19/h4-15,17H,16H2,1-3H3,(H,27,28,30). The molecular formula is C26H25N3O4S2. The van der Waals surface area contributed by atoms with Gasteiger partial charge in [-0.1, -0.05) is 30.3 Å². The molecule has 7 nitrogen and oxygen atoms in total. The van der Waals surface area contributed by atoms with Gasteiger partial charge >= 0.3 is 0 Å². The van der Waals surface area contributed by atoms with Crippen molar-refractivity contribution in [3.63, 3.8) is 0 Å². The van der Waals surface area contributed by atoms with E-state index >= 15 is 0 Å². The number of carbonyl (C=O) groups is 1. The maximum Gasteiger partial charge on any atom is 0.257 e. The van der Waals surface area contributed by atoms with Crippen LogP contribution in [0.2, 0.25) is 0 Å². The summed E-state index contributed by atoms with van der Waals surface area (Å²) in [5.74, 6) is 0.438. The first kappa shape index (κ1) is 24.6. The van der Waals surface area contributed by atoms with Gasteiger partial charge in [0.25, 0.3) is 5.91 Å². The molecule has 0 aliphatic heterocycles. The predicted molar refractivity (Wildman–Crippen MR) is 138 cm³/mol. The van der Waals surface area contributed by atoms with Crippen molar-refractivity contribution in [2.75, 3.05) is 19.5 Å². The summed E-state index contributed by atoms with van der Waals surface area (Å²) in [4.78, 5) is 17.3. The second-order valence-electron chi connectivity index (χ2n) is 7.95. The quantitative estimate of drug-likeness (QED) is 0.354. The largest absolute Gasteiger partial charge is 0.496 e. The number of hydrogen-bond donors (Lipinski definition) is 1. The number of sulfonamides is 1. The molecule has 1 amide bonds. The minimum absolute atomic E-state index is 0.124. The molecule has 3 aromatic carbocycles. The van der Waals surface area contributed by atoms with Crippen LogP contribution in [0.15, 0.2) is 83.1 Å². The van der Waals surface area contributed by atoms with E-state index < -0.39 is 10.0 Å². The highest BCUT2D eigenvalue weighted by Gasteiger charge is 2.21. The molecule has 0 aliphatic rings. The average Bonchev–Trinajstić information content (AvgIpc) is 3.33. The van der Waals surface area contributed by atoms with E-state index in [-0.39, 0.29) is 17.3 Å². The molecule has 4 aromatic rings. The summed E-state index contributed by atoms with van der Waals surface area (Å²) in [6, 6.07) is 21.0. The van der Waals surface area contributed by atoms with E-state index in [0.717, 1.165) is 28.1 Å². The van der Waals surface area contributed by atoms with Gasteiger partial charge in [-0.05, 0) is 60.5 Å². The molecule has 0 fully saturated rings. The molecule has 35 heavy (non-hydrogen) atoms. The Labute approximate surface area is 209 Å². The second-order valence-corrected chi connectivity index (χ2v) is 10.9. The van der Waals surface area contributed by atoms with Gasteiger partial charge in [0.2, 0.25) is 10.0 Å². The number of ether oxygens (including phenoxy) is 1. The fraction of sp³-hybridized carbons (Fsp3) is 0.154. The van der Waals surface area contributed by atoms with Gasteiger partial charge in [0.15, 0.2) is 5.13 Å². The normalized spacial score (nSPS) is 11.4. The highest BCUT2D eigenvalue weighted by atomic mass is 32.2. The molecule has 0 saturated carbocycles. The van der Waals surface area contributed by atoms with Crippen molar-refractivity contribution in [3.8, 4) is 17.0 Å². The molecule has 0 bridgehead atoms. The van der Waals surface area contributed by atoms with Crippen molar-refractivity contribution in [3.05, 3.63) is 94.9 Å². The number of aromatic nitrogens is 1. The molecule has 4 rings (SSSR count). The van der Waals surface area contributed by atoms with E-state index in [1.807, 2.05) is 60.8 Å². The fourth-order valence-electron chi connectivity index (χ4n) is 3.55. The van der Waals surface area contributed by atoms with Crippen molar-refractivity contribution in [2.24, 2.45) is 0 Å². The zero-order chi connectivity index (χ0) is 25.0. The van der Waals surface area contributed by atoms with Gasteiger partial charge in [0, 0.05) is 30.1 Å². The maximum atomic E-state index is 12.9. The highest BCUT2D eigenvalue weighted by Crippen LogP contribution is 2.29. The van der Waals surface area contributed by atoms with E-state index in [4.69, 9.17) is 4.74 Å². The Morgan fingerprint density at radius 3 is 2.43 bits per heavy atom. The zero-order valence-corrected chi connectivity index (χ0v) is 21.2. The zero-order valence-electron chi connectivity index (χ0n) is 19.6. The predicted octanol–water partition coefficient (Wildman–Crippen LogP) is 5.20. The number of amides is 1. The van der Waals surface area contributed by atoms with Gasteiger partial charge in [-0.2, -0.15) is 4.31 Å². The number of aryl methyl sites for hydroxylation is 1. The van der Waals surface area contributed by atoms with Crippen LogP contribution < -0.4 is 10.1 Å². The second kappa shape index (κ2) is 10.4. The summed E-state index contributed by atoms with van der Waals surface area (Å²) in [7, 11) is -0.529. The Bertz CT molecular complexity index is 1430. The lowest BCUT2D eigenvalue weighted by atomic mass is 10.1. The Hall–Kier alpha value is -3.53. The number of carbonyl (C=O) groups excluding carboxylic acids is 1. The lowest BCUT2D eigenvalue weighted by molar-refractivity contribution is 0.102. The molecule has 0 unspecified atom stereocenters. The van der Waals surface area contributed by atoms with E-state index in [9.17, 15) is 13.2 Å². The summed E-state index contributed by atoms with van der Waals surface area (Å²) in [6.07, 6.45) is 0. The Kier molecular flexibility index (Phi) is 7.30. The van der Waals surface area contributed by atoms with Gasteiger partial charge in [0.05, 0.1) is 17.7 Å². The van der Waals surface area contributed by atoms with Gasteiger partial charge in [-0.25, -0.2) is 13.4 Å². The molecule has 0 atom stereocenters. The van der Waals surface area contributed by atoms with Gasteiger partial charge < -0.3 is 4.74 Å². The molecule has 1 aromatic heterocycles. The van der Waals surface area contributed by atoms with Crippen molar-refractivity contribution < 1.29 is 17.9 Å². The minimum atomic E-state index is -3.69. The Balaban J connectivity index is 1.43. The number of nitrogens with zero attached hydrogens (tertiary/aromatic N) is 2. The van der Waals surface area contributed by atoms with Crippen LogP contribution in [-0.4, -0.2) is 37.8 Å². The first-order valence-electron chi connectivity index (χ1n) is 10.8. The molecule has 0 spiro atoms. The van der Waals surface area contributed by atoms with Crippen molar-refractivity contribution in [1.82, 2.24) is 9.29 Å². The molecule has 1 N–H and O–H groups in total. The van der Waals surface area contributed by atoms with Crippen LogP contribution in [0.5, 0.6) is 5.75 Å². The van der Waals surface area contributed by atoms with Crippen LogP contribution in [0.1, 0.15) is 21.5 Å². The third-order valence-corrected chi connectivity index (χ3v) is 8.06. The molecular weight excluding hydrogens is 482 g/mol. The van der Waals surface area contributed by atoms with Crippen LogP contribution in [0, 0.1) is 6.92 Å². The summed E-state index contributed by atoms with van der Waals surface area (Å²) < 4.78 is 32.4. The number of benzene rings is 3. The lowest BCUT2D eigenvalue weighted by Gasteiger charge is -2.17. The fourth-order valence-corrected chi connectivity index (χ4v) is 5.43. The first-order chi connectivity index (χ1) is 16.8. The van der Waals surface area contributed by atoms with Crippen LogP contribution in [0.3, 0.4) is 0 Å². The number of nitrogens with one attached hydrogen (secondary N) is 1. The van der Waals surface area contributed by atoms with Crippen LogP contribution in [-0.2, 0) is 16.6 Å². The van der Waals surface area contributed by atoms with E-state index in [0.29, 0.717) is 10.7 Å². The lowest BCUT2D eigenvalue weighted by Crippen LogP contribution is -2.26. The highest BCUT2D eigenvalue weighted by molar-refractivity contribution is 7.89. The minimum Gasteiger partial charge on any atom is -0.496 e. The molecule has 9 heteroatoms. The van der Waals surface area contributed by atoms with Crippen molar-refractivity contribution in [2.45, 2.75) is 18.4 Å². The van der Waals surface area contributed by atoms with Crippen molar-refractivity contribution in [1.29, 1.82) is 0 Å². The molecule has 180 valence electrons. The molecule has 0 radical (unpaired) electrons. The summed E-state index contributed by atoms with van der Waals surface area (Å²) in [5.41, 5.74) is 3.90. The molecule has 0 aliphatic carbocycles. The third-order valence-electron chi connectivity index (χ3n) is 5.49. The van der Waals surface area contributed by atoms with Crippen LogP contribution in [0.25, 0.3) is 11.3 Å².